The fourth-order valence-corrected chi connectivity index (χ4v) is 4.86. The Bertz CT molecular complexity index is 1410. The van der Waals surface area contributed by atoms with Crippen LogP contribution < -0.4 is 26.3 Å². The summed E-state index contributed by atoms with van der Waals surface area (Å²) < 4.78 is 16.9. The number of aromatic carboxylic acids is 1. The van der Waals surface area contributed by atoms with Gasteiger partial charge in [-0.1, -0.05) is 35.6 Å². The van der Waals surface area contributed by atoms with Gasteiger partial charge in [-0.3, -0.25) is 14.2 Å². The van der Waals surface area contributed by atoms with Crippen LogP contribution in [0.15, 0.2) is 48.7 Å². The molecule has 1 aliphatic rings. The van der Waals surface area contributed by atoms with Gasteiger partial charge in [-0.2, -0.15) is 0 Å². The third-order valence-electron chi connectivity index (χ3n) is 5.53. The zero-order chi connectivity index (χ0) is 26.9. The average molecular weight is 546 g/mol. The molecular formula is C21H20BN4O9PS. The number of aromatic nitrogens is 1. The quantitative estimate of drug-likeness (QED) is 0.152. The molecule has 0 aliphatic carbocycles. The Morgan fingerprint density at radius 1 is 1.19 bits per heavy atom. The zero-order valence-corrected chi connectivity index (χ0v) is 20.5. The van der Waals surface area contributed by atoms with Crippen molar-refractivity contribution >= 4 is 54.3 Å². The maximum Gasteiger partial charge on any atom is 0.547 e. The number of carbonyl (C=O) groups is 3. The summed E-state index contributed by atoms with van der Waals surface area (Å²) in [5.41, 5.74) is 6.08. The number of nitrogens with two attached hydrogens (primary N) is 1. The standard InChI is InChI=1S/C21H20BN4O9PS/c23-21-24-9-14(37-21)18(27)26-16(10-4-6-12(7-5-10)36(32,33)34)19(28)25-15-8-11-2-1-3-13(20(29)30)17(11)35-22(15)31/h1-7,9,15-16,31H,8H2,(H2,23,24)(H,25,28)(H,26,27)(H,29,30)(H2,32,33,34)/t15-,16-/m0/s1. The largest absolute Gasteiger partial charge is 0.547 e. The molecule has 0 unspecified atom stereocenters. The van der Waals surface area contributed by atoms with Gasteiger partial charge in [0.05, 0.1) is 23.0 Å². The summed E-state index contributed by atoms with van der Waals surface area (Å²) in [6.07, 6.45) is 1.27. The molecule has 1 aromatic heterocycles. The SMILES string of the molecule is Nc1ncc(C(=O)N[C@H](C(=O)N[C@H]2Cc3cccc(C(=O)O)c3OB2O)c2ccc(P(=O)(O)O)cc2)s1. The topological polar surface area (TPSA) is 221 Å². The zero-order valence-electron chi connectivity index (χ0n) is 18.8. The third kappa shape index (κ3) is 5.82. The molecule has 37 heavy (non-hydrogen) atoms. The molecule has 1 aliphatic heterocycles. The molecule has 8 N–H and O–H groups in total. The van der Waals surface area contributed by atoms with Gasteiger partial charge in [0.15, 0.2) is 5.13 Å². The fraction of sp³-hybridized carbons (Fsp3) is 0.143. The number of nitrogen functional groups attached to an aromatic ring is 1. The predicted molar refractivity (Wildman–Crippen MR) is 132 cm³/mol. The van der Waals surface area contributed by atoms with E-state index in [2.05, 4.69) is 15.6 Å². The van der Waals surface area contributed by atoms with Crippen LogP contribution in [-0.4, -0.2) is 55.7 Å². The average Bonchev–Trinajstić information content (AvgIpc) is 3.28. The van der Waals surface area contributed by atoms with Crippen molar-refractivity contribution in [3.05, 3.63) is 70.2 Å². The molecule has 0 radical (unpaired) electrons. The number of thiazole rings is 1. The Morgan fingerprint density at radius 2 is 1.89 bits per heavy atom. The summed E-state index contributed by atoms with van der Waals surface area (Å²) in [7, 11) is -6.13. The van der Waals surface area contributed by atoms with E-state index in [1.807, 2.05) is 0 Å². The first kappa shape index (κ1) is 26.3. The molecule has 0 spiro atoms. The Labute approximate surface area is 213 Å². The number of nitrogens with zero attached hydrogens (tertiary/aromatic N) is 1. The Hall–Kier alpha value is -3.75. The third-order valence-corrected chi connectivity index (χ3v) is 7.32. The molecule has 0 saturated heterocycles. The number of benzene rings is 2. The number of para-hydroxylation sites is 1. The van der Waals surface area contributed by atoms with Crippen LogP contribution >= 0.6 is 18.9 Å². The second-order valence-corrected chi connectivity index (χ2v) is 10.7. The number of hydrogen-bond acceptors (Lipinski definition) is 9. The van der Waals surface area contributed by atoms with Crippen molar-refractivity contribution < 1.29 is 43.5 Å². The number of carboxylic acid groups (broad SMARTS) is 1. The van der Waals surface area contributed by atoms with Gasteiger partial charge >= 0.3 is 20.7 Å². The van der Waals surface area contributed by atoms with Crippen LogP contribution in [0, 0.1) is 0 Å². The molecule has 2 aromatic carbocycles. The van der Waals surface area contributed by atoms with E-state index in [0.29, 0.717) is 5.56 Å². The van der Waals surface area contributed by atoms with Crippen LogP contribution in [0.2, 0.25) is 0 Å². The van der Waals surface area contributed by atoms with Gasteiger partial charge < -0.3 is 40.9 Å². The minimum atomic E-state index is -4.54. The number of fused-ring (bicyclic) bond motifs is 1. The predicted octanol–water partition coefficient (Wildman–Crippen LogP) is -0.163. The van der Waals surface area contributed by atoms with Crippen LogP contribution in [0.1, 0.15) is 37.2 Å². The molecule has 4 rings (SSSR count). The number of carboxylic acids is 1. The maximum atomic E-state index is 13.3. The minimum absolute atomic E-state index is 0.00587. The summed E-state index contributed by atoms with van der Waals surface area (Å²) in [4.78, 5) is 60.2. The van der Waals surface area contributed by atoms with Gasteiger partial charge in [-0.05, 0) is 35.7 Å². The number of carbonyl (C=O) groups excluding carboxylic acids is 2. The summed E-state index contributed by atoms with van der Waals surface area (Å²) in [6.45, 7) is 0. The van der Waals surface area contributed by atoms with E-state index in [1.54, 1.807) is 6.07 Å². The van der Waals surface area contributed by atoms with Crippen molar-refractivity contribution in [1.82, 2.24) is 15.6 Å². The molecule has 0 fully saturated rings. The van der Waals surface area contributed by atoms with Crippen molar-refractivity contribution in [2.24, 2.45) is 0 Å². The second-order valence-electron chi connectivity index (χ2n) is 8.03. The molecule has 13 nitrogen and oxygen atoms in total. The van der Waals surface area contributed by atoms with Crippen LogP contribution in [0.25, 0.3) is 0 Å². The van der Waals surface area contributed by atoms with E-state index in [9.17, 15) is 38.9 Å². The molecular weight excluding hydrogens is 526 g/mol. The summed E-state index contributed by atoms with van der Waals surface area (Å²) in [5.74, 6) is -3.69. The molecule has 0 bridgehead atoms. The smallest absolute Gasteiger partial charge is 0.534 e. The van der Waals surface area contributed by atoms with Crippen molar-refractivity contribution in [2.45, 2.75) is 18.4 Å². The van der Waals surface area contributed by atoms with Crippen molar-refractivity contribution in [3.63, 3.8) is 0 Å². The Kier molecular flexibility index (Phi) is 7.34. The molecule has 0 saturated carbocycles. The lowest BCUT2D eigenvalue weighted by Gasteiger charge is -2.30. The molecule has 2 amide bonds. The summed E-state index contributed by atoms with van der Waals surface area (Å²) in [6, 6.07) is 7.91. The van der Waals surface area contributed by atoms with E-state index in [-0.39, 0.29) is 38.6 Å². The molecule has 3 aromatic rings. The van der Waals surface area contributed by atoms with Gasteiger partial charge in [0, 0.05) is 0 Å². The number of nitrogens with one attached hydrogen (secondary N) is 2. The highest BCUT2D eigenvalue weighted by Gasteiger charge is 2.39. The molecule has 2 heterocycles. The number of anilines is 1. The van der Waals surface area contributed by atoms with Crippen molar-refractivity contribution in [2.75, 3.05) is 5.73 Å². The first-order chi connectivity index (χ1) is 17.4. The lowest BCUT2D eigenvalue weighted by molar-refractivity contribution is -0.123. The lowest BCUT2D eigenvalue weighted by atomic mass is 9.72. The summed E-state index contributed by atoms with van der Waals surface area (Å²) in [5, 5.41) is 24.8. The van der Waals surface area contributed by atoms with Gasteiger partial charge in [0.1, 0.15) is 16.7 Å². The van der Waals surface area contributed by atoms with E-state index in [1.165, 1.54) is 30.5 Å². The minimum Gasteiger partial charge on any atom is -0.534 e. The number of amides is 2. The van der Waals surface area contributed by atoms with Gasteiger partial charge in [-0.15, -0.1) is 0 Å². The van der Waals surface area contributed by atoms with Crippen LogP contribution in [0.3, 0.4) is 0 Å². The first-order valence-corrected chi connectivity index (χ1v) is 13.1. The van der Waals surface area contributed by atoms with Gasteiger partial charge in [0.25, 0.3) is 5.91 Å². The van der Waals surface area contributed by atoms with Crippen molar-refractivity contribution in [3.8, 4) is 5.75 Å². The van der Waals surface area contributed by atoms with Crippen LogP contribution in [0.4, 0.5) is 5.13 Å². The van der Waals surface area contributed by atoms with E-state index >= 15 is 0 Å². The maximum absolute atomic E-state index is 13.3. The monoisotopic (exact) mass is 546 g/mol. The van der Waals surface area contributed by atoms with E-state index < -0.39 is 44.5 Å². The molecule has 192 valence electrons. The number of rotatable bonds is 7. The van der Waals surface area contributed by atoms with Crippen LogP contribution in [-0.2, 0) is 15.8 Å². The van der Waals surface area contributed by atoms with E-state index in [4.69, 9.17) is 10.4 Å². The lowest BCUT2D eigenvalue weighted by Crippen LogP contribution is -2.55. The Morgan fingerprint density at radius 3 is 2.49 bits per heavy atom. The van der Waals surface area contributed by atoms with Gasteiger partial charge in [-0.25, -0.2) is 9.78 Å². The van der Waals surface area contributed by atoms with Gasteiger partial charge in [0.2, 0.25) is 5.91 Å². The van der Waals surface area contributed by atoms with Crippen LogP contribution in [0.5, 0.6) is 5.75 Å². The highest BCUT2D eigenvalue weighted by molar-refractivity contribution is 7.60. The molecule has 16 heteroatoms. The van der Waals surface area contributed by atoms with Crippen molar-refractivity contribution in [1.29, 1.82) is 0 Å². The number of hydrogen-bond donors (Lipinski definition) is 7. The summed E-state index contributed by atoms with van der Waals surface area (Å²) >= 11 is 0.894. The highest BCUT2D eigenvalue weighted by atomic mass is 32.1. The van der Waals surface area contributed by atoms with E-state index in [0.717, 1.165) is 23.5 Å². The normalized spacial score (nSPS) is 15.8. The fourth-order valence-electron chi connectivity index (χ4n) is 3.74. The first-order valence-electron chi connectivity index (χ1n) is 10.6. The highest BCUT2D eigenvalue weighted by Crippen LogP contribution is 2.33. The molecule has 2 atom stereocenters. The second kappa shape index (κ2) is 10.3. The Balaban J connectivity index is 1.60.